The van der Waals surface area contributed by atoms with Crippen LogP contribution in [0.3, 0.4) is 0 Å². The van der Waals surface area contributed by atoms with Crippen LogP contribution in [0, 0.1) is 5.92 Å². The molecule has 1 saturated heterocycles. The van der Waals surface area contributed by atoms with Gasteiger partial charge in [0.15, 0.2) is 5.69 Å². The summed E-state index contributed by atoms with van der Waals surface area (Å²) in [7, 11) is 1.35. The second kappa shape index (κ2) is 4.34. The Balaban J connectivity index is 1.99. The van der Waals surface area contributed by atoms with Crippen LogP contribution < -0.4 is 0 Å². The topological polar surface area (TPSA) is 72.6 Å². The summed E-state index contributed by atoms with van der Waals surface area (Å²) in [6.45, 7) is 0.934. The molecule has 0 saturated carbocycles. The van der Waals surface area contributed by atoms with Crippen molar-refractivity contribution >= 4 is 11.9 Å². The number of rotatable bonds is 2. The third-order valence-electron chi connectivity index (χ3n) is 2.67. The molecule has 2 rings (SSSR count). The van der Waals surface area contributed by atoms with Gasteiger partial charge in [-0.25, -0.2) is 0 Å². The molecule has 1 aromatic heterocycles. The van der Waals surface area contributed by atoms with Crippen LogP contribution in [0.15, 0.2) is 16.9 Å². The second-order valence-electron chi connectivity index (χ2n) is 3.64. The smallest absolute Gasteiger partial charge is 0.310 e. The molecular weight excluding hydrogens is 212 g/mol. The summed E-state index contributed by atoms with van der Waals surface area (Å²) in [4.78, 5) is 24.7. The number of ether oxygens (including phenoxy) is 1. The van der Waals surface area contributed by atoms with Crippen LogP contribution in [-0.2, 0) is 9.53 Å². The van der Waals surface area contributed by atoms with Gasteiger partial charge in [0.2, 0.25) is 0 Å². The Morgan fingerprint density at radius 3 is 3.06 bits per heavy atom. The molecule has 1 amide bonds. The number of hydrogen-bond acceptors (Lipinski definition) is 5. The molecule has 1 unspecified atom stereocenters. The van der Waals surface area contributed by atoms with Crippen LogP contribution in [0.5, 0.6) is 0 Å². The normalized spacial score (nSPS) is 19.8. The standard InChI is InChI=1S/C10H12N2O4/c1-15-10(14)7-2-4-12(6-7)9(13)8-3-5-16-11-8/h3,5,7H,2,4,6H2,1H3. The van der Waals surface area contributed by atoms with E-state index in [4.69, 9.17) is 0 Å². The lowest BCUT2D eigenvalue weighted by atomic mass is 10.1. The number of hydrogen-bond donors (Lipinski definition) is 0. The summed E-state index contributed by atoms with van der Waals surface area (Å²) < 4.78 is 9.24. The fourth-order valence-corrected chi connectivity index (χ4v) is 1.79. The highest BCUT2D eigenvalue weighted by Crippen LogP contribution is 2.19. The highest BCUT2D eigenvalue weighted by molar-refractivity contribution is 5.92. The second-order valence-corrected chi connectivity index (χ2v) is 3.64. The first kappa shape index (κ1) is 10.7. The minimum absolute atomic E-state index is 0.208. The number of carbonyl (C=O) groups is 2. The van der Waals surface area contributed by atoms with Crippen LogP contribution in [0.4, 0.5) is 0 Å². The molecule has 0 bridgehead atoms. The zero-order valence-electron chi connectivity index (χ0n) is 8.88. The van der Waals surface area contributed by atoms with E-state index >= 15 is 0 Å². The minimum atomic E-state index is -0.268. The van der Waals surface area contributed by atoms with Crippen molar-refractivity contribution in [2.75, 3.05) is 20.2 Å². The fraction of sp³-hybridized carbons (Fsp3) is 0.500. The molecule has 0 aliphatic carbocycles. The molecule has 1 aliphatic heterocycles. The molecule has 1 aliphatic rings. The van der Waals surface area contributed by atoms with E-state index in [0.717, 1.165) is 0 Å². The van der Waals surface area contributed by atoms with Crippen molar-refractivity contribution in [3.05, 3.63) is 18.0 Å². The van der Waals surface area contributed by atoms with Gasteiger partial charge >= 0.3 is 5.97 Å². The Labute approximate surface area is 92.1 Å². The summed E-state index contributed by atoms with van der Waals surface area (Å²) in [6.07, 6.45) is 1.98. The van der Waals surface area contributed by atoms with Gasteiger partial charge in [0.1, 0.15) is 6.26 Å². The third-order valence-corrected chi connectivity index (χ3v) is 2.67. The molecule has 1 fully saturated rings. The lowest BCUT2D eigenvalue weighted by Gasteiger charge is -2.13. The Bertz CT molecular complexity index is 388. The molecule has 0 aromatic carbocycles. The zero-order valence-corrected chi connectivity index (χ0v) is 8.88. The van der Waals surface area contributed by atoms with E-state index in [2.05, 4.69) is 14.4 Å². The van der Waals surface area contributed by atoms with Gasteiger partial charge in [0.25, 0.3) is 5.91 Å². The van der Waals surface area contributed by atoms with E-state index in [1.807, 2.05) is 0 Å². The average Bonchev–Trinajstić information content (AvgIpc) is 2.97. The summed E-state index contributed by atoms with van der Waals surface area (Å²) in [6, 6.07) is 1.51. The first-order valence-electron chi connectivity index (χ1n) is 5.00. The van der Waals surface area contributed by atoms with Gasteiger partial charge in [0, 0.05) is 19.2 Å². The van der Waals surface area contributed by atoms with Crippen molar-refractivity contribution in [3.63, 3.8) is 0 Å². The van der Waals surface area contributed by atoms with E-state index < -0.39 is 0 Å². The van der Waals surface area contributed by atoms with Crippen molar-refractivity contribution in [3.8, 4) is 0 Å². The molecule has 6 heteroatoms. The van der Waals surface area contributed by atoms with Crippen LogP contribution in [0.2, 0.25) is 0 Å². The maximum atomic E-state index is 11.8. The largest absolute Gasteiger partial charge is 0.469 e. The van der Waals surface area contributed by atoms with Gasteiger partial charge in [-0.15, -0.1) is 0 Å². The molecular formula is C10H12N2O4. The molecule has 86 valence electrons. The van der Waals surface area contributed by atoms with E-state index in [-0.39, 0.29) is 23.5 Å². The van der Waals surface area contributed by atoms with Crippen molar-refractivity contribution in [2.45, 2.75) is 6.42 Å². The van der Waals surface area contributed by atoms with Crippen LogP contribution in [0.25, 0.3) is 0 Å². The van der Waals surface area contributed by atoms with E-state index in [1.54, 1.807) is 4.90 Å². The number of methoxy groups -OCH3 is 1. The van der Waals surface area contributed by atoms with Crippen molar-refractivity contribution < 1.29 is 18.8 Å². The molecule has 0 spiro atoms. The van der Waals surface area contributed by atoms with Crippen molar-refractivity contribution in [1.82, 2.24) is 10.1 Å². The maximum absolute atomic E-state index is 11.8. The molecule has 0 N–H and O–H groups in total. The summed E-state index contributed by atoms with van der Waals surface area (Å²) in [5, 5.41) is 3.57. The quantitative estimate of drug-likeness (QED) is 0.676. The molecule has 1 aromatic rings. The van der Waals surface area contributed by atoms with E-state index in [0.29, 0.717) is 19.5 Å². The van der Waals surface area contributed by atoms with Gasteiger partial charge in [-0.1, -0.05) is 5.16 Å². The van der Waals surface area contributed by atoms with Gasteiger partial charge in [0.05, 0.1) is 13.0 Å². The van der Waals surface area contributed by atoms with E-state index in [9.17, 15) is 9.59 Å². The Morgan fingerprint density at radius 2 is 2.44 bits per heavy atom. The summed E-state index contributed by atoms with van der Waals surface area (Å²) in [5.74, 6) is -0.698. The van der Waals surface area contributed by atoms with Crippen molar-refractivity contribution in [1.29, 1.82) is 0 Å². The van der Waals surface area contributed by atoms with E-state index in [1.165, 1.54) is 19.4 Å². The molecule has 16 heavy (non-hydrogen) atoms. The predicted octanol–water partition coefficient (Wildman–Crippen LogP) is 0.310. The predicted molar refractivity (Wildman–Crippen MR) is 52.5 cm³/mol. The molecule has 0 radical (unpaired) electrons. The number of amides is 1. The SMILES string of the molecule is COC(=O)C1CCN(C(=O)c2ccon2)C1. The Morgan fingerprint density at radius 1 is 1.62 bits per heavy atom. The summed E-state index contributed by atoms with van der Waals surface area (Å²) >= 11 is 0. The van der Waals surface area contributed by atoms with Gasteiger partial charge in [-0.05, 0) is 6.42 Å². The number of aromatic nitrogens is 1. The highest BCUT2D eigenvalue weighted by atomic mass is 16.5. The number of likely N-dealkylation sites (tertiary alicyclic amines) is 1. The van der Waals surface area contributed by atoms with Crippen molar-refractivity contribution in [2.24, 2.45) is 5.92 Å². The Kier molecular flexibility index (Phi) is 2.89. The average molecular weight is 224 g/mol. The molecule has 1 atom stereocenters. The van der Waals surface area contributed by atoms with Gasteiger partial charge in [-0.3, -0.25) is 9.59 Å². The third kappa shape index (κ3) is 1.91. The Hall–Kier alpha value is -1.85. The van der Waals surface area contributed by atoms with Crippen LogP contribution in [0.1, 0.15) is 16.9 Å². The first-order valence-corrected chi connectivity index (χ1v) is 5.00. The van der Waals surface area contributed by atoms with Gasteiger partial charge in [-0.2, -0.15) is 0 Å². The summed E-state index contributed by atoms with van der Waals surface area (Å²) in [5.41, 5.74) is 0.269. The minimum Gasteiger partial charge on any atom is -0.469 e. The molecule has 2 heterocycles. The maximum Gasteiger partial charge on any atom is 0.310 e. The number of carbonyl (C=O) groups excluding carboxylic acids is 2. The van der Waals surface area contributed by atoms with Gasteiger partial charge < -0.3 is 14.2 Å². The fourth-order valence-electron chi connectivity index (χ4n) is 1.79. The number of esters is 1. The number of nitrogens with zero attached hydrogens (tertiary/aromatic N) is 2. The molecule has 6 nitrogen and oxygen atoms in total. The van der Waals surface area contributed by atoms with Crippen LogP contribution in [-0.4, -0.2) is 42.1 Å². The van der Waals surface area contributed by atoms with Crippen LogP contribution >= 0.6 is 0 Å². The monoisotopic (exact) mass is 224 g/mol. The lowest BCUT2D eigenvalue weighted by molar-refractivity contribution is -0.144. The zero-order chi connectivity index (χ0) is 11.5. The highest BCUT2D eigenvalue weighted by Gasteiger charge is 2.32. The lowest BCUT2D eigenvalue weighted by Crippen LogP contribution is -2.30. The first-order chi connectivity index (χ1) is 7.72.